The van der Waals surface area contributed by atoms with E-state index in [0.717, 1.165) is 4.47 Å². The first-order valence-electron chi connectivity index (χ1n) is 8.57. The first-order chi connectivity index (χ1) is 13.8. The van der Waals surface area contributed by atoms with E-state index in [2.05, 4.69) is 37.3 Å². The number of carbonyl (C=O) groups excluding carboxylic acids is 3. The number of esters is 1. The average Bonchev–Trinajstić information content (AvgIpc) is 2.93. The van der Waals surface area contributed by atoms with Crippen molar-refractivity contribution < 1.29 is 23.9 Å². The molecule has 3 rings (SSSR count). The minimum Gasteiger partial charge on any atom is -0.490 e. The summed E-state index contributed by atoms with van der Waals surface area (Å²) >= 11 is 6.68. The van der Waals surface area contributed by atoms with E-state index in [1.165, 1.54) is 18.0 Å². The highest BCUT2D eigenvalue weighted by atomic mass is 79.9. The maximum atomic E-state index is 12.8. The summed E-state index contributed by atoms with van der Waals surface area (Å²) in [6, 6.07) is 10.2. The smallest absolute Gasteiger partial charge is 0.308 e. The minimum absolute atomic E-state index is 0.0255. The van der Waals surface area contributed by atoms with Crippen molar-refractivity contribution in [3.05, 3.63) is 56.5 Å². The van der Waals surface area contributed by atoms with Crippen molar-refractivity contribution in [2.24, 2.45) is 0 Å². The number of hydrogen-bond acceptors (Lipinski definition) is 5. The molecule has 0 radical (unpaired) electrons. The molecule has 0 spiro atoms. The Morgan fingerprint density at radius 2 is 1.86 bits per heavy atom. The van der Waals surface area contributed by atoms with Crippen LogP contribution in [0.3, 0.4) is 0 Å². The maximum Gasteiger partial charge on any atom is 0.308 e. The number of nitrogens with one attached hydrogen (secondary N) is 1. The molecule has 1 aliphatic rings. The molecular weight excluding hydrogens is 508 g/mol. The molecule has 1 saturated heterocycles. The summed E-state index contributed by atoms with van der Waals surface area (Å²) in [7, 11) is 0. The van der Waals surface area contributed by atoms with Gasteiger partial charge < -0.3 is 9.47 Å². The van der Waals surface area contributed by atoms with Gasteiger partial charge in [0.15, 0.2) is 11.5 Å². The van der Waals surface area contributed by atoms with Crippen molar-refractivity contribution >= 4 is 61.4 Å². The van der Waals surface area contributed by atoms with Gasteiger partial charge in [-0.05, 0) is 70.9 Å². The number of rotatable bonds is 5. The Morgan fingerprint density at radius 3 is 2.48 bits per heavy atom. The van der Waals surface area contributed by atoms with E-state index in [1.807, 2.05) is 0 Å². The van der Waals surface area contributed by atoms with Crippen LogP contribution in [-0.2, 0) is 14.4 Å². The van der Waals surface area contributed by atoms with Crippen LogP contribution in [0.2, 0.25) is 0 Å². The Bertz CT molecular complexity index is 1020. The third-order valence-corrected chi connectivity index (χ3v) is 4.98. The molecule has 9 heteroatoms. The van der Waals surface area contributed by atoms with E-state index in [-0.39, 0.29) is 11.3 Å². The zero-order valence-corrected chi connectivity index (χ0v) is 18.7. The molecular formula is C20H16Br2N2O5. The summed E-state index contributed by atoms with van der Waals surface area (Å²) in [5.41, 5.74) is 3.60. The zero-order chi connectivity index (χ0) is 21.1. The maximum absolute atomic E-state index is 12.8. The second-order valence-corrected chi connectivity index (χ2v) is 7.74. The summed E-state index contributed by atoms with van der Waals surface area (Å²) in [6.07, 6.45) is 1.46. The number of nitrogens with zero attached hydrogens (tertiary/aromatic N) is 1. The van der Waals surface area contributed by atoms with E-state index in [0.29, 0.717) is 28.1 Å². The highest BCUT2D eigenvalue weighted by Crippen LogP contribution is 2.38. The van der Waals surface area contributed by atoms with Crippen LogP contribution in [0.25, 0.3) is 6.08 Å². The van der Waals surface area contributed by atoms with Crippen LogP contribution < -0.4 is 19.9 Å². The molecule has 2 aromatic rings. The lowest BCUT2D eigenvalue weighted by Crippen LogP contribution is -2.35. The summed E-state index contributed by atoms with van der Waals surface area (Å²) in [5, 5.41) is 1.19. The van der Waals surface area contributed by atoms with Gasteiger partial charge in [-0.1, -0.05) is 15.9 Å². The topological polar surface area (TPSA) is 84.9 Å². The second-order valence-electron chi connectivity index (χ2n) is 5.97. The van der Waals surface area contributed by atoms with Crippen LogP contribution in [0.5, 0.6) is 11.5 Å². The van der Waals surface area contributed by atoms with Crippen LogP contribution in [0, 0.1) is 0 Å². The summed E-state index contributed by atoms with van der Waals surface area (Å²) in [6.45, 7) is 3.43. The number of benzene rings is 2. The molecule has 1 aliphatic heterocycles. The molecule has 2 aromatic carbocycles. The van der Waals surface area contributed by atoms with Crippen molar-refractivity contribution in [2.75, 3.05) is 11.6 Å². The largest absolute Gasteiger partial charge is 0.490 e. The number of carbonyl (C=O) groups is 3. The van der Waals surface area contributed by atoms with Crippen molar-refractivity contribution in [1.82, 2.24) is 5.43 Å². The van der Waals surface area contributed by atoms with Gasteiger partial charge in [0, 0.05) is 11.4 Å². The number of ether oxygens (including phenoxy) is 2. The van der Waals surface area contributed by atoms with Crippen LogP contribution in [-0.4, -0.2) is 24.4 Å². The van der Waals surface area contributed by atoms with E-state index in [4.69, 9.17) is 9.47 Å². The molecule has 2 amide bonds. The molecule has 1 N–H and O–H groups in total. The Kier molecular flexibility index (Phi) is 6.39. The van der Waals surface area contributed by atoms with Crippen LogP contribution >= 0.6 is 31.9 Å². The highest BCUT2D eigenvalue weighted by molar-refractivity contribution is 9.10. The number of hydrogen-bond donors (Lipinski definition) is 1. The van der Waals surface area contributed by atoms with Crippen molar-refractivity contribution in [3.63, 3.8) is 0 Å². The monoisotopic (exact) mass is 522 g/mol. The molecule has 0 aromatic heterocycles. The molecule has 1 heterocycles. The van der Waals surface area contributed by atoms with Gasteiger partial charge in [-0.15, -0.1) is 0 Å². The van der Waals surface area contributed by atoms with Crippen LogP contribution in [0.15, 0.2) is 50.9 Å². The van der Waals surface area contributed by atoms with Gasteiger partial charge in [0.05, 0.1) is 16.8 Å². The number of anilines is 1. The SMILES string of the molecule is CCOc1cc(/C=C2/C(=O)NN(c3ccc(Br)cc3)C2=O)cc(Br)c1OC(C)=O. The quantitative estimate of drug-likeness (QED) is 0.277. The molecule has 0 bridgehead atoms. The fourth-order valence-electron chi connectivity index (χ4n) is 2.67. The van der Waals surface area contributed by atoms with Crippen LogP contribution in [0.4, 0.5) is 5.69 Å². The minimum atomic E-state index is -0.518. The van der Waals surface area contributed by atoms with Gasteiger partial charge in [-0.25, -0.2) is 5.01 Å². The van der Waals surface area contributed by atoms with Gasteiger partial charge in [-0.2, -0.15) is 0 Å². The number of halogens is 2. The van der Waals surface area contributed by atoms with Crippen molar-refractivity contribution in [3.8, 4) is 11.5 Å². The lowest BCUT2D eigenvalue weighted by atomic mass is 10.1. The Labute approximate surface area is 183 Å². The van der Waals surface area contributed by atoms with Gasteiger partial charge in [0.1, 0.15) is 5.57 Å². The molecule has 1 fully saturated rings. The third kappa shape index (κ3) is 4.68. The lowest BCUT2D eigenvalue weighted by Gasteiger charge is -2.14. The molecule has 0 atom stereocenters. The zero-order valence-electron chi connectivity index (χ0n) is 15.5. The van der Waals surface area contributed by atoms with Gasteiger partial charge >= 0.3 is 5.97 Å². The van der Waals surface area contributed by atoms with Crippen molar-refractivity contribution in [1.29, 1.82) is 0 Å². The summed E-state index contributed by atoms with van der Waals surface area (Å²) in [4.78, 5) is 36.5. The molecule has 29 heavy (non-hydrogen) atoms. The molecule has 7 nitrogen and oxygen atoms in total. The van der Waals surface area contributed by atoms with Gasteiger partial charge in [0.25, 0.3) is 11.8 Å². The molecule has 0 aliphatic carbocycles. The van der Waals surface area contributed by atoms with E-state index in [9.17, 15) is 14.4 Å². The predicted molar refractivity (Wildman–Crippen MR) is 114 cm³/mol. The second kappa shape index (κ2) is 8.79. The highest BCUT2D eigenvalue weighted by Gasteiger charge is 2.34. The first-order valence-corrected chi connectivity index (χ1v) is 10.2. The van der Waals surface area contributed by atoms with E-state index in [1.54, 1.807) is 43.3 Å². The Morgan fingerprint density at radius 1 is 1.17 bits per heavy atom. The fourth-order valence-corrected chi connectivity index (χ4v) is 3.48. The van der Waals surface area contributed by atoms with Gasteiger partial charge in [0.2, 0.25) is 0 Å². The fraction of sp³-hybridized carbons (Fsp3) is 0.150. The van der Waals surface area contributed by atoms with Gasteiger partial charge in [-0.3, -0.25) is 19.8 Å². The lowest BCUT2D eigenvalue weighted by molar-refractivity contribution is -0.132. The Hall–Kier alpha value is -2.65. The van der Waals surface area contributed by atoms with E-state index >= 15 is 0 Å². The standard InChI is InChI=1S/C20H16Br2N2O5/c1-3-28-17-10-12(9-16(22)18(17)29-11(2)25)8-15-19(26)23-24(20(15)27)14-6-4-13(21)5-7-14/h4-10H,3H2,1-2H3,(H,23,26)/b15-8-. The predicted octanol–water partition coefficient (Wildman–Crippen LogP) is 4.00. The molecule has 0 unspecified atom stereocenters. The summed E-state index contributed by atoms with van der Waals surface area (Å²) < 4.78 is 12.0. The average molecular weight is 524 g/mol. The van der Waals surface area contributed by atoms with E-state index < -0.39 is 17.8 Å². The molecule has 0 saturated carbocycles. The molecule has 150 valence electrons. The normalized spacial score (nSPS) is 14.9. The third-order valence-electron chi connectivity index (χ3n) is 3.86. The number of hydrazine groups is 1. The Balaban J connectivity index is 1.96. The van der Waals surface area contributed by atoms with Crippen LogP contribution in [0.1, 0.15) is 19.4 Å². The van der Waals surface area contributed by atoms with Crippen molar-refractivity contribution in [2.45, 2.75) is 13.8 Å². The summed E-state index contributed by atoms with van der Waals surface area (Å²) in [5.74, 6) is -0.931. The first kappa shape index (κ1) is 21.1. The number of amides is 2.